The predicted molar refractivity (Wildman–Crippen MR) is 74.7 cm³/mol. The van der Waals surface area contributed by atoms with E-state index in [4.69, 9.17) is 11.6 Å². The molecule has 100 valence electrons. The van der Waals surface area contributed by atoms with Crippen LogP contribution in [0.1, 0.15) is 35.4 Å². The van der Waals surface area contributed by atoms with Crippen molar-refractivity contribution in [2.24, 2.45) is 0 Å². The molecule has 19 heavy (non-hydrogen) atoms. The van der Waals surface area contributed by atoms with Crippen molar-refractivity contribution in [3.63, 3.8) is 0 Å². The molecule has 1 fully saturated rings. The standard InChI is InChI=1S/C14H16ClN3O/c1-10-13(14(19)17-6-3-2-4-7-17)18-8-5-11(15)9-12(18)16-10/h5,8-9H,2-4,6-7H2,1H3. The number of rotatable bonds is 1. The van der Waals surface area contributed by atoms with Crippen molar-refractivity contribution >= 4 is 23.2 Å². The lowest BCUT2D eigenvalue weighted by Gasteiger charge is -2.26. The number of aryl methyl sites for hydroxylation is 1. The molecule has 0 saturated carbocycles. The Morgan fingerprint density at radius 2 is 2.05 bits per heavy atom. The van der Waals surface area contributed by atoms with Crippen molar-refractivity contribution in [3.05, 3.63) is 34.7 Å². The molecular weight excluding hydrogens is 262 g/mol. The summed E-state index contributed by atoms with van der Waals surface area (Å²) < 4.78 is 1.83. The second kappa shape index (κ2) is 4.85. The number of hydrogen-bond donors (Lipinski definition) is 0. The summed E-state index contributed by atoms with van der Waals surface area (Å²) in [6.45, 7) is 3.57. The number of hydrogen-bond acceptors (Lipinski definition) is 2. The lowest BCUT2D eigenvalue weighted by Crippen LogP contribution is -2.36. The molecule has 0 radical (unpaired) electrons. The first-order valence-corrected chi connectivity index (χ1v) is 6.98. The number of carbonyl (C=O) groups is 1. The topological polar surface area (TPSA) is 37.6 Å². The zero-order valence-electron chi connectivity index (χ0n) is 10.9. The Balaban J connectivity index is 2.03. The minimum atomic E-state index is 0.0759. The van der Waals surface area contributed by atoms with Gasteiger partial charge in [-0.1, -0.05) is 11.6 Å². The summed E-state index contributed by atoms with van der Waals surface area (Å²) in [7, 11) is 0. The number of likely N-dealkylation sites (tertiary alicyclic amines) is 1. The van der Waals surface area contributed by atoms with Gasteiger partial charge in [-0.25, -0.2) is 4.98 Å². The summed E-state index contributed by atoms with van der Waals surface area (Å²) in [5.41, 5.74) is 2.15. The summed E-state index contributed by atoms with van der Waals surface area (Å²) in [4.78, 5) is 19.0. The van der Waals surface area contributed by atoms with Crippen LogP contribution in [0, 0.1) is 6.92 Å². The molecule has 1 saturated heterocycles. The first-order chi connectivity index (χ1) is 9.16. The number of nitrogens with zero attached hydrogens (tertiary/aromatic N) is 3. The van der Waals surface area contributed by atoms with Crippen LogP contribution in [0.15, 0.2) is 18.3 Å². The highest BCUT2D eigenvalue weighted by atomic mass is 35.5. The van der Waals surface area contributed by atoms with Crippen molar-refractivity contribution in [3.8, 4) is 0 Å². The second-order valence-corrected chi connectivity index (χ2v) is 5.41. The van der Waals surface area contributed by atoms with Crippen molar-refractivity contribution in [2.75, 3.05) is 13.1 Å². The van der Waals surface area contributed by atoms with Crippen LogP contribution < -0.4 is 0 Å². The fourth-order valence-corrected chi connectivity index (χ4v) is 2.80. The number of carbonyl (C=O) groups excluding carboxylic acids is 1. The predicted octanol–water partition coefficient (Wildman–Crippen LogP) is 2.92. The Morgan fingerprint density at radius 3 is 2.79 bits per heavy atom. The number of pyridine rings is 1. The summed E-state index contributed by atoms with van der Waals surface area (Å²) in [6, 6.07) is 3.56. The quantitative estimate of drug-likeness (QED) is 0.804. The summed E-state index contributed by atoms with van der Waals surface area (Å²) in [5.74, 6) is 0.0759. The number of halogens is 1. The summed E-state index contributed by atoms with van der Waals surface area (Å²) in [5, 5.41) is 0.634. The number of fused-ring (bicyclic) bond motifs is 1. The third kappa shape index (κ3) is 2.21. The molecule has 2 aromatic heterocycles. The Kier molecular flexibility index (Phi) is 3.19. The van der Waals surface area contributed by atoms with Gasteiger partial charge in [0.15, 0.2) is 0 Å². The van der Waals surface area contributed by atoms with E-state index in [-0.39, 0.29) is 5.91 Å². The maximum absolute atomic E-state index is 12.6. The highest BCUT2D eigenvalue weighted by molar-refractivity contribution is 6.30. The average molecular weight is 278 g/mol. The van der Waals surface area contributed by atoms with Gasteiger partial charge in [0.25, 0.3) is 5.91 Å². The minimum Gasteiger partial charge on any atom is -0.337 e. The van der Waals surface area contributed by atoms with E-state index < -0.39 is 0 Å². The Labute approximate surface area is 117 Å². The Bertz CT molecular complexity index is 629. The Morgan fingerprint density at radius 1 is 1.32 bits per heavy atom. The molecule has 3 rings (SSSR count). The van der Waals surface area contributed by atoms with Gasteiger partial charge in [0.2, 0.25) is 0 Å². The highest BCUT2D eigenvalue weighted by Gasteiger charge is 2.23. The van der Waals surface area contributed by atoms with Crippen LogP contribution in [0.3, 0.4) is 0 Å². The summed E-state index contributed by atoms with van der Waals surface area (Å²) in [6.07, 6.45) is 5.21. The van der Waals surface area contributed by atoms with Gasteiger partial charge in [0.05, 0.1) is 5.69 Å². The van der Waals surface area contributed by atoms with Crippen LogP contribution >= 0.6 is 11.6 Å². The number of aromatic nitrogens is 2. The maximum atomic E-state index is 12.6. The largest absolute Gasteiger partial charge is 0.337 e. The van der Waals surface area contributed by atoms with E-state index in [0.29, 0.717) is 10.7 Å². The van der Waals surface area contributed by atoms with Crippen molar-refractivity contribution in [2.45, 2.75) is 26.2 Å². The molecule has 3 heterocycles. The molecule has 1 aliphatic heterocycles. The van der Waals surface area contributed by atoms with E-state index in [0.717, 1.165) is 37.3 Å². The lowest BCUT2D eigenvalue weighted by atomic mass is 10.1. The van der Waals surface area contributed by atoms with E-state index in [1.165, 1.54) is 6.42 Å². The molecule has 0 aliphatic carbocycles. The first kappa shape index (κ1) is 12.5. The zero-order valence-corrected chi connectivity index (χ0v) is 11.7. The number of piperidine rings is 1. The van der Waals surface area contributed by atoms with Crippen LogP contribution in [0.5, 0.6) is 0 Å². The van der Waals surface area contributed by atoms with E-state index in [9.17, 15) is 4.79 Å². The number of amides is 1. The van der Waals surface area contributed by atoms with E-state index >= 15 is 0 Å². The lowest BCUT2D eigenvalue weighted by molar-refractivity contribution is 0.0716. The first-order valence-electron chi connectivity index (χ1n) is 6.60. The van der Waals surface area contributed by atoms with Gasteiger partial charge in [-0.2, -0.15) is 0 Å². The van der Waals surface area contributed by atoms with Crippen LogP contribution in [-0.4, -0.2) is 33.3 Å². The normalized spacial score (nSPS) is 16.0. The van der Waals surface area contributed by atoms with Crippen molar-refractivity contribution < 1.29 is 4.79 Å². The smallest absolute Gasteiger partial charge is 0.272 e. The third-order valence-electron chi connectivity index (χ3n) is 3.61. The molecule has 1 aliphatic rings. The van der Waals surface area contributed by atoms with Gasteiger partial charge in [0.1, 0.15) is 11.3 Å². The molecule has 5 heteroatoms. The molecule has 0 spiro atoms. The van der Waals surface area contributed by atoms with E-state index in [1.807, 2.05) is 22.4 Å². The molecule has 0 bridgehead atoms. The molecule has 0 atom stereocenters. The molecule has 2 aromatic rings. The van der Waals surface area contributed by atoms with Gasteiger partial charge in [-0.3, -0.25) is 9.20 Å². The van der Waals surface area contributed by atoms with E-state index in [2.05, 4.69) is 4.98 Å². The maximum Gasteiger partial charge on any atom is 0.272 e. The van der Waals surface area contributed by atoms with E-state index in [1.54, 1.807) is 12.1 Å². The minimum absolute atomic E-state index is 0.0759. The second-order valence-electron chi connectivity index (χ2n) is 4.97. The monoisotopic (exact) mass is 277 g/mol. The van der Waals surface area contributed by atoms with Crippen LogP contribution in [0.25, 0.3) is 5.65 Å². The van der Waals surface area contributed by atoms with Gasteiger partial charge in [-0.05, 0) is 32.3 Å². The fourth-order valence-electron chi connectivity index (χ4n) is 2.64. The third-order valence-corrected chi connectivity index (χ3v) is 3.84. The van der Waals surface area contributed by atoms with Crippen molar-refractivity contribution in [1.82, 2.24) is 14.3 Å². The van der Waals surface area contributed by atoms with Crippen LogP contribution in [0.4, 0.5) is 0 Å². The molecule has 0 N–H and O–H groups in total. The number of imidazole rings is 1. The van der Waals surface area contributed by atoms with Crippen molar-refractivity contribution in [1.29, 1.82) is 0 Å². The van der Waals surface area contributed by atoms with Crippen LogP contribution in [-0.2, 0) is 0 Å². The zero-order chi connectivity index (χ0) is 13.4. The molecule has 0 aromatic carbocycles. The SMILES string of the molecule is Cc1nc2cc(Cl)ccn2c1C(=O)N1CCCCC1. The fraction of sp³-hybridized carbons (Fsp3) is 0.429. The Hall–Kier alpha value is -1.55. The molecule has 0 unspecified atom stereocenters. The molecular formula is C14H16ClN3O. The van der Waals surface area contributed by atoms with Crippen LogP contribution in [0.2, 0.25) is 5.02 Å². The molecule has 4 nitrogen and oxygen atoms in total. The molecule has 1 amide bonds. The van der Waals surface area contributed by atoms with Gasteiger partial charge in [-0.15, -0.1) is 0 Å². The summed E-state index contributed by atoms with van der Waals surface area (Å²) >= 11 is 5.96. The van der Waals surface area contributed by atoms with Gasteiger partial charge >= 0.3 is 0 Å². The van der Waals surface area contributed by atoms with Gasteiger partial charge in [0, 0.05) is 30.4 Å². The highest BCUT2D eigenvalue weighted by Crippen LogP contribution is 2.19. The average Bonchev–Trinajstić information content (AvgIpc) is 2.74. The van der Waals surface area contributed by atoms with Gasteiger partial charge < -0.3 is 4.90 Å².